The average Bonchev–Trinajstić information content (AvgIpc) is 2.46. The molecule has 0 bridgehead atoms. The Bertz CT molecular complexity index is 643. The second kappa shape index (κ2) is 8.83. The molecule has 6 heteroatoms. The van der Waals surface area contributed by atoms with Gasteiger partial charge in [0.25, 0.3) is 0 Å². The number of hydrogen-bond acceptors (Lipinski definition) is 5. The summed E-state index contributed by atoms with van der Waals surface area (Å²) in [5.41, 5.74) is 3.28. The molecule has 0 radical (unpaired) electrons. The molecular formula is C18H31NO4S. The van der Waals surface area contributed by atoms with Crippen LogP contribution in [0.2, 0.25) is 0 Å². The minimum Gasteiger partial charge on any atom is -0.490 e. The van der Waals surface area contributed by atoms with Gasteiger partial charge in [-0.25, -0.2) is 8.42 Å². The normalized spacial score (nSPS) is 14.7. The van der Waals surface area contributed by atoms with Crippen LogP contribution in [0.5, 0.6) is 5.75 Å². The molecule has 24 heavy (non-hydrogen) atoms. The minimum atomic E-state index is -3.04. The first kappa shape index (κ1) is 20.9. The van der Waals surface area contributed by atoms with Crippen molar-refractivity contribution in [1.29, 1.82) is 0 Å². The van der Waals surface area contributed by atoms with Gasteiger partial charge in [-0.2, -0.15) is 0 Å². The Morgan fingerprint density at radius 1 is 1.21 bits per heavy atom. The molecule has 0 saturated heterocycles. The van der Waals surface area contributed by atoms with E-state index in [0.717, 1.165) is 22.4 Å². The van der Waals surface area contributed by atoms with Crippen LogP contribution in [0.3, 0.4) is 0 Å². The van der Waals surface area contributed by atoms with Crippen LogP contribution in [0.1, 0.15) is 30.5 Å². The van der Waals surface area contributed by atoms with E-state index < -0.39 is 15.9 Å². The average molecular weight is 358 g/mol. The third-order valence-corrected chi connectivity index (χ3v) is 5.40. The molecule has 0 amide bonds. The van der Waals surface area contributed by atoms with Gasteiger partial charge in [-0.15, -0.1) is 0 Å². The fraction of sp³-hybridized carbons (Fsp3) is 0.667. The maximum absolute atomic E-state index is 11.5. The molecule has 1 aromatic carbocycles. The number of ether oxygens (including phenoxy) is 1. The van der Waals surface area contributed by atoms with Crippen molar-refractivity contribution >= 4 is 9.84 Å². The summed E-state index contributed by atoms with van der Waals surface area (Å²) in [7, 11) is -3.04. The molecule has 2 atom stereocenters. The number of sulfone groups is 1. The van der Waals surface area contributed by atoms with Crippen LogP contribution in [0, 0.1) is 20.8 Å². The van der Waals surface area contributed by atoms with Crippen LogP contribution in [0.25, 0.3) is 0 Å². The third kappa shape index (κ3) is 6.42. The summed E-state index contributed by atoms with van der Waals surface area (Å²) in [6.45, 7) is 11.1. The number of rotatable bonds is 9. The van der Waals surface area contributed by atoms with Gasteiger partial charge in [0.05, 0.1) is 5.75 Å². The summed E-state index contributed by atoms with van der Waals surface area (Å²) in [5, 5.41) is 10.3. The Kier molecular flexibility index (Phi) is 7.70. The molecule has 2 unspecified atom stereocenters. The molecule has 1 aromatic rings. The van der Waals surface area contributed by atoms with Crippen molar-refractivity contribution in [1.82, 2.24) is 4.90 Å². The standard InChI is InChI=1S/C18H31NO4S/c1-7-19(15(4)12-24(6,21)22)10-17(20)11-23-18-14(3)9-8-13(2)16(18)5/h8-9,15,17,20H,7,10-12H2,1-6H3. The van der Waals surface area contributed by atoms with E-state index >= 15 is 0 Å². The lowest BCUT2D eigenvalue weighted by Crippen LogP contribution is -2.43. The first-order valence-electron chi connectivity index (χ1n) is 8.34. The lowest BCUT2D eigenvalue weighted by atomic mass is 10.1. The molecule has 0 saturated carbocycles. The Balaban J connectivity index is 2.65. The van der Waals surface area contributed by atoms with Crippen LogP contribution in [0.15, 0.2) is 12.1 Å². The quantitative estimate of drug-likeness (QED) is 0.733. The maximum Gasteiger partial charge on any atom is 0.148 e. The van der Waals surface area contributed by atoms with Gasteiger partial charge in [-0.3, -0.25) is 4.90 Å². The second-order valence-electron chi connectivity index (χ2n) is 6.65. The zero-order valence-electron chi connectivity index (χ0n) is 15.7. The number of aryl methyl sites for hydroxylation is 2. The summed E-state index contributed by atoms with van der Waals surface area (Å²) in [6.07, 6.45) is 0.562. The number of nitrogens with zero attached hydrogens (tertiary/aromatic N) is 1. The second-order valence-corrected chi connectivity index (χ2v) is 8.83. The Morgan fingerprint density at radius 2 is 1.79 bits per heavy atom. The van der Waals surface area contributed by atoms with Crippen molar-refractivity contribution in [2.45, 2.75) is 46.8 Å². The molecule has 0 heterocycles. The van der Waals surface area contributed by atoms with Gasteiger partial charge in [0.1, 0.15) is 28.3 Å². The van der Waals surface area contributed by atoms with Crippen molar-refractivity contribution in [3.63, 3.8) is 0 Å². The fourth-order valence-corrected chi connectivity index (χ4v) is 3.90. The van der Waals surface area contributed by atoms with E-state index in [9.17, 15) is 13.5 Å². The van der Waals surface area contributed by atoms with E-state index in [0.29, 0.717) is 13.1 Å². The van der Waals surface area contributed by atoms with Gasteiger partial charge < -0.3 is 9.84 Å². The molecule has 0 aromatic heterocycles. The van der Waals surface area contributed by atoms with Gasteiger partial charge in [0.2, 0.25) is 0 Å². The summed E-state index contributed by atoms with van der Waals surface area (Å²) in [4.78, 5) is 1.96. The number of aliphatic hydroxyl groups excluding tert-OH is 1. The van der Waals surface area contributed by atoms with Gasteiger partial charge in [-0.05, 0) is 50.9 Å². The lowest BCUT2D eigenvalue weighted by molar-refractivity contribution is 0.0597. The van der Waals surface area contributed by atoms with Gasteiger partial charge in [0.15, 0.2) is 0 Å². The van der Waals surface area contributed by atoms with E-state index in [-0.39, 0.29) is 18.4 Å². The highest BCUT2D eigenvalue weighted by Crippen LogP contribution is 2.25. The van der Waals surface area contributed by atoms with E-state index in [1.165, 1.54) is 6.26 Å². The lowest BCUT2D eigenvalue weighted by Gasteiger charge is -2.29. The highest BCUT2D eigenvalue weighted by molar-refractivity contribution is 7.90. The summed E-state index contributed by atoms with van der Waals surface area (Å²) in [6, 6.07) is 3.93. The smallest absolute Gasteiger partial charge is 0.148 e. The van der Waals surface area contributed by atoms with Gasteiger partial charge in [0, 0.05) is 18.8 Å². The van der Waals surface area contributed by atoms with Crippen molar-refractivity contribution in [2.75, 3.05) is 31.7 Å². The number of hydrogen-bond donors (Lipinski definition) is 1. The largest absolute Gasteiger partial charge is 0.490 e. The zero-order valence-corrected chi connectivity index (χ0v) is 16.5. The fourth-order valence-electron chi connectivity index (χ4n) is 2.81. The van der Waals surface area contributed by atoms with E-state index in [1.807, 2.05) is 45.6 Å². The van der Waals surface area contributed by atoms with E-state index in [2.05, 4.69) is 6.07 Å². The summed E-state index contributed by atoms with van der Waals surface area (Å²) >= 11 is 0. The number of aliphatic hydroxyl groups is 1. The third-order valence-electron chi connectivity index (χ3n) is 4.31. The molecule has 1 rings (SSSR count). The monoisotopic (exact) mass is 357 g/mol. The Morgan fingerprint density at radius 3 is 2.33 bits per heavy atom. The highest BCUT2D eigenvalue weighted by Gasteiger charge is 2.20. The van der Waals surface area contributed by atoms with Crippen molar-refractivity contribution < 1.29 is 18.3 Å². The van der Waals surface area contributed by atoms with Crippen molar-refractivity contribution in [3.05, 3.63) is 28.8 Å². The molecule has 5 nitrogen and oxygen atoms in total. The number of likely N-dealkylation sites (N-methyl/N-ethyl adjacent to an activating group) is 1. The predicted octanol–water partition coefficient (Wildman–Crippen LogP) is 2.11. The number of benzene rings is 1. The molecule has 0 aliphatic carbocycles. The Labute approximate surface area is 146 Å². The topological polar surface area (TPSA) is 66.8 Å². The molecular weight excluding hydrogens is 326 g/mol. The minimum absolute atomic E-state index is 0.0878. The van der Waals surface area contributed by atoms with Crippen molar-refractivity contribution in [3.8, 4) is 5.75 Å². The van der Waals surface area contributed by atoms with Crippen LogP contribution in [0.4, 0.5) is 0 Å². The van der Waals surface area contributed by atoms with Crippen LogP contribution < -0.4 is 4.74 Å². The van der Waals surface area contributed by atoms with Gasteiger partial charge >= 0.3 is 0 Å². The summed E-state index contributed by atoms with van der Waals surface area (Å²) in [5.74, 6) is 0.908. The molecule has 0 aliphatic heterocycles. The zero-order chi connectivity index (χ0) is 18.5. The summed E-state index contributed by atoms with van der Waals surface area (Å²) < 4.78 is 28.7. The van der Waals surface area contributed by atoms with E-state index in [1.54, 1.807) is 0 Å². The van der Waals surface area contributed by atoms with Gasteiger partial charge in [-0.1, -0.05) is 19.1 Å². The first-order chi connectivity index (χ1) is 11.0. The molecule has 0 aliphatic rings. The Hall–Kier alpha value is -1.11. The predicted molar refractivity (Wildman–Crippen MR) is 98.6 cm³/mol. The molecule has 0 fully saturated rings. The molecule has 0 spiro atoms. The van der Waals surface area contributed by atoms with Crippen molar-refractivity contribution in [2.24, 2.45) is 0 Å². The van der Waals surface area contributed by atoms with E-state index in [4.69, 9.17) is 4.74 Å². The van der Waals surface area contributed by atoms with Crippen LogP contribution in [-0.2, 0) is 9.84 Å². The first-order valence-corrected chi connectivity index (χ1v) is 10.4. The van der Waals surface area contributed by atoms with Crippen LogP contribution in [-0.4, -0.2) is 62.3 Å². The SMILES string of the molecule is CCN(CC(O)COc1c(C)ccc(C)c1C)C(C)CS(C)(=O)=O. The molecule has 1 N–H and O–H groups in total. The molecule has 138 valence electrons. The van der Waals surface area contributed by atoms with Crippen LogP contribution >= 0.6 is 0 Å². The highest BCUT2D eigenvalue weighted by atomic mass is 32.2. The maximum atomic E-state index is 11.5.